The fourth-order valence-corrected chi connectivity index (χ4v) is 2.66. The maximum Gasteiger partial charge on any atom is 0.224 e. The summed E-state index contributed by atoms with van der Waals surface area (Å²) < 4.78 is 0. The largest absolute Gasteiger partial charge is 0.391 e. The fourth-order valence-electron chi connectivity index (χ4n) is 2.66. The van der Waals surface area contributed by atoms with E-state index in [0.29, 0.717) is 0 Å². The highest BCUT2D eigenvalue weighted by molar-refractivity contribution is 5.85. The SMILES string of the molecule is Cl.O=C(NC1CCCCC1O)[C@@H]1CCCNC1. The van der Waals surface area contributed by atoms with E-state index in [4.69, 9.17) is 0 Å². The number of nitrogens with one attached hydrogen (secondary N) is 2. The maximum absolute atomic E-state index is 11.9. The normalized spacial score (nSPS) is 33.6. The fraction of sp³-hybridized carbons (Fsp3) is 0.917. The van der Waals surface area contributed by atoms with E-state index < -0.39 is 0 Å². The molecular weight excluding hydrogens is 240 g/mol. The molecule has 0 aromatic carbocycles. The van der Waals surface area contributed by atoms with Crippen LogP contribution in [0.1, 0.15) is 38.5 Å². The highest BCUT2D eigenvalue weighted by atomic mass is 35.5. The van der Waals surface area contributed by atoms with Crippen LogP contribution < -0.4 is 10.6 Å². The van der Waals surface area contributed by atoms with Gasteiger partial charge in [0, 0.05) is 6.54 Å². The Morgan fingerprint density at radius 2 is 1.94 bits per heavy atom. The van der Waals surface area contributed by atoms with Crippen LogP contribution in [0.2, 0.25) is 0 Å². The van der Waals surface area contributed by atoms with Gasteiger partial charge in [0.25, 0.3) is 0 Å². The molecule has 17 heavy (non-hydrogen) atoms. The first-order chi connectivity index (χ1) is 7.77. The van der Waals surface area contributed by atoms with Crippen molar-refractivity contribution < 1.29 is 9.90 Å². The van der Waals surface area contributed by atoms with Gasteiger partial charge in [-0.25, -0.2) is 0 Å². The van der Waals surface area contributed by atoms with Gasteiger partial charge in [0.1, 0.15) is 0 Å². The molecule has 2 unspecified atom stereocenters. The summed E-state index contributed by atoms with van der Waals surface area (Å²) in [6, 6.07) is -0.0109. The molecule has 0 radical (unpaired) electrons. The molecule has 1 aliphatic carbocycles. The summed E-state index contributed by atoms with van der Waals surface area (Å²) >= 11 is 0. The van der Waals surface area contributed by atoms with Crippen molar-refractivity contribution in [3.05, 3.63) is 0 Å². The van der Waals surface area contributed by atoms with E-state index in [2.05, 4.69) is 10.6 Å². The Hall–Kier alpha value is -0.320. The third-order valence-corrected chi connectivity index (χ3v) is 3.72. The number of carbonyl (C=O) groups is 1. The first kappa shape index (κ1) is 14.7. The number of halogens is 1. The predicted octanol–water partition coefficient (Wildman–Crippen LogP) is 0.827. The number of aliphatic hydroxyl groups excluding tert-OH is 1. The third kappa shape index (κ3) is 4.12. The first-order valence-electron chi connectivity index (χ1n) is 6.46. The maximum atomic E-state index is 11.9. The molecule has 3 N–H and O–H groups in total. The van der Waals surface area contributed by atoms with Gasteiger partial charge in [-0.1, -0.05) is 12.8 Å². The second-order valence-electron chi connectivity index (χ2n) is 5.01. The van der Waals surface area contributed by atoms with Crippen molar-refractivity contribution in [3.8, 4) is 0 Å². The van der Waals surface area contributed by atoms with E-state index in [1.165, 1.54) is 0 Å². The van der Waals surface area contributed by atoms with Gasteiger partial charge in [0.15, 0.2) is 0 Å². The highest BCUT2D eigenvalue weighted by Crippen LogP contribution is 2.19. The summed E-state index contributed by atoms with van der Waals surface area (Å²) in [6.07, 6.45) is 5.66. The van der Waals surface area contributed by atoms with Gasteiger partial charge in [0.2, 0.25) is 5.91 Å². The lowest BCUT2D eigenvalue weighted by molar-refractivity contribution is -0.127. The molecule has 100 valence electrons. The van der Waals surface area contributed by atoms with Crippen LogP contribution in [0, 0.1) is 5.92 Å². The minimum atomic E-state index is -0.339. The summed E-state index contributed by atoms with van der Waals surface area (Å²) in [5, 5.41) is 16.0. The molecule has 2 fully saturated rings. The van der Waals surface area contributed by atoms with Crippen molar-refractivity contribution in [2.45, 2.75) is 50.7 Å². The van der Waals surface area contributed by atoms with Crippen molar-refractivity contribution in [2.24, 2.45) is 5.92 Å². The van der Waals surface area contributed by atoms with Crippen molar-refractivity contribution in [1.82, 2.24) is 10.6 Å². The summed E-state index contributed by atoms with van der Waals surface area (Å²) in [5.74, 6) is 0.223. The number of aliphatic hydroxyl groups is 1. The standard InChI is InChI=1S/C12H22N2O2.ClH/c15-11-6-2-1-5-10(11)14-12(16)9-4-3-7-13-8-9;/h9-11,13,15H,1-8H2,(H,14,16);1H/t9-,10?,11?;/m1./s1. The molecule has 2 rings (SSSR count). The van der Waals surface area contributed by atoms with Gasteiger partial charge in [-0.3, -0.25) is 4.79 Å². The number of piperidine rings is 1. The lowest BCUT2D eigenvalue weighted by Crippen LogP contribution is -2.49. The molecule has 1 heterocycles. The van der Waals surface area contributed by atoms with Crippen molar-refractivity contribution in [1.29, 1.82) is 0 Å². The van der Waals surface area contributed by atoms with Crippen LogP contribution in [0.4, 0.5) is 0 Å². The summed E-state index contributed by atoms with van der Waals surface area (Å²) in [6.45, 7) is 1.81. The number of amides is 1. The average Bonchev–Trinajstić information content (AvgIpc) is 2.33. The second-order valence-corrected chi connectivity index (χ2v) is 5.01. The van der Waals surface area contributed by atoms with Crippen LogP contribution in [0.3, 0.4) is 0 Å². The molecular formula is C12H23ClN2O2. The molecule has 1 aliphatic heterocycles. The Labute approximate surface area is 109 Å². The molecule has 0 spiro atoms. The monoisotopic (exact) mass is 262 g/mol. The van der Waals surface area contributed by atoms with Crippen LogP contribution in [0.5, 0.6) is 0 Å². The first-order valence-corrected chi connectivity index (χ1v) is 6.46. The zero-order valence-electron chi connectivity index (χ0n) is 10.2. The Morgan fingerprint density at radius 3 is 2.59 bits per heavy atom. The Morgan fingerprint density at radius 1 is 1.18 bits per heavy atom. The van der Waals surface area contributed by atoms with Crippen LogP contribution in [0.25, 0.3) is 0 Å². The molecule has 4 nitrogen and oxygen atoms in total. The molecule has 2 aliphatic rings. The molecule has 1 saturated carbocycles. The van der Waals surface area contributed by atoms with E-state index in [9.17, 15) is 9.90 Å². The summed E-state index contributed by atoms with van der Waals surface area (Å²) in [5.41, 5.74) is 0. The van der Waals surface area contributed by atoms with E-state index in [0.717, 1.165) is 51.6 Å². The lowest BCUT2D eigenvalue weighted by atomic mass is 9.91. The van der Waals surface area contributed by atoms with Crippen molar-refractivity contribution >= 4 is 18.3 Å². The molecule has 1 saturated heterocycles. The molecule has 0 aromatic heterocycles. The molecule has 0 bridgehead atoms. The number of carbonyl (C=O) groups excluding carboxylic acids is 1. The van der Waals surface area contributed by atoms with Gasteiger partial charge < -0.3 is 15.7 Å². The Kier molecular flexibility index (Phi) is 6.23. The van der Waals surface area contributed by atoms with Gasteiger partial charge in [0.05, 0.1) is 18.1 Å². The quantitative estimate of drug-likeness (QED) is 0.691. The molecule has 5 heteroatoms. The van der Waals surface area contributed by atoms with Crippen molar-refractivity contribution in [3.63, 3.8) is 0 Å². The van der Waals surface area contributed by atoms with Crippen LogP contribution in [0.15, 0.2) is 0 Å². The summed E-state index contributed by atoms with van der Waals surface area (Å²) in [7, 11) is 0. The second kappa shape index (κ2) is 7.19. The zero-order valence-corrected chi connectivity index (χ0v) is 11.0. The smallest absolute Gasteiger partial charge is 0.224 e. The van der Waals surface area contributed by atoms with E-state index >= 15 is 0 Å². The van der Waals surface area contributed by atoms with Crippen LogP contribution in [-0.2, 0) is 4.79 Å². The van der Waals surface area contributed by atoms with E-state index in [1.54, 1.807) is 0 Å². The molecule has 3 atom stereocenters. The molecule has 0 aromatic rings. The lowest BCUT2D eigenvalue weighted by Gasteiger charge is -2.31. The number of rotatable bonds is 2. The topological polar surface area (TPSA) is 61.4 Å². The predicted molar refractivity (Wildman–Crippen MR) is 69.2 cm³/mol. The van der Waals surface area contributed by atoms with Gasteiger partial charge in [-0.05, 0) is 32.2 Å². The third-order valence-electron chi connectivity index (χ3n) is 3.72. The van der Waals surface area contributed by atoms with Crippen molar-refractivity contribution in [2.75, 3.05) is 13.1 Å². The number of hydrogen-bond acceptors (Lipinski definition) is 3. The highest BCUT2D eigenvalue weighted by Gasteiger charge is 2.28. The van der Waals surface area contributed by atoms with E-state index in [-0.39, 0.29) is 36.4 Å². The van der Waals surface area contributed by atoms with Crippen LogP contribution >= 0.6 is 12.4 Å². The Bertz CT molecular complexity index is 245. The van der Waals surface area contributed by atoms with Gasteiger partial charge in [-0.15, -0.1) is 12.4 Å². The minimum absolute atomic E-state index is 0. The average molecular weight is 263 g/mol. The minimum Gasteiger partial charge on any atom is -0.391 e. The zero-order chi connectivity index (χ0) is 11.4. The van der Waals surface area contributed by atoms with Crippen LogP contribution in [-0.4, -0.2) is 36.2 Å². The number of hydrogen-bond donors (Lipinski definition) is 3. The van der Waals surface area contributed by atoms with Gasteiger partial charge in [-0.2, -0.15) is 0 Å². The molecule has 1 amide bonds. The Balaban J connectivity index is 0.00000144. The van der Waals surface area contributed by atoms with Gasteiger partial charge >= 0.3 is 0 Å². The summed E-state index contributed by atoms with van der Waals surface area (Å²) in [4.78, 5) is 11.9. The van der Waals surface area contributed by atoms with E-state index in [1.807, 2.05) is 0 Å².